The molecule has 0 bridgehead atoms. The molecule has 0 aliphatic carbocycles. The molecule has 1 unspecified atom stereocenters. The zero-order chi connectivity index (χ0) is 19.8. The summed E-state index contributed by atoms with van der Waals surface area (Å²) in [6.07, 6.45) is 0. The molecular formula is C21H27BrN2O3. The van der Waals surface area contributed by atoms with Crippen LogP contribution in [0.1, 0.15) is 31.0 Å². The van der Waals surface area contributed by atoms with Crippen LogP contribution in [0.2, 0.25) is 0 Å². The highest BCUT2D eigenvalue weighted by Gasteiger charge is 2.14. The molecule has 146 valence electrons. The molecule has 0 radical (unpaired) electrons. The summed E-state index contributed by atoms with van der Waals surface area (Å²) >= 11 is 3.43. The zero-order valence-electron chi connectivity index (χ0n) is 16.3. The van der Waals surface area contributed by atoms with E-state index in [0.29, 0.717) is 24.6 Å². The molecule has 0 aromatic heterocycles. The molecule has 0 saturated heterocycles. The lowest BCUT2D eigenvalue weighted by molar-refractivity contribution is -0.123. The molecule has 0 heterocycles. The van der Waals surface area contributed by atoms with Crippen molar-refractivity contribution in [3.05, 3.63) is 58.1 Å². The molecule has 6 heteroatoms. The lowest BCUT2D eigenvalue weighted by atomic mass is 10.1. The standard InChI is InChI=1S/C21H27BrN2O3/c1-5-24(13-16-6-11-19(26-3)20(12-16)27-4)14-21(25)23-15(2)17-7-9-18(22)10-8-17/h6-12,15H,5,13-14H2,1-4H3,(H,23,25). The largest absolute Gasteiger partial charge is 0.493 e. The molecule has 0 fully saturated rings. The Morgan fingerprint density at radius 3 is 2.37 bits per heavy atom. The Balaban J connectivity index is 1.95. The fraction of sp³-hybridized carbons (Fsp3) is 0.381. The maximum Gasteiger partial charge on any atom is 0.234 e. The second kappa shape index (κ2) is 10.3. The number of nitrogens with zero attached hydrogens (tertiary/aromatic N) is 1. The maximum absolute atomic E-state index is 12.5. The number of halogens is 1. The third kappa shape index (κ3) is 6.26. The van der Waals surface area contributed by atoms with Crippen molar-refractivity contribution >= 4 is 21.8 Å². The van der Waals surface area contributed by atoms with Gasteiger partial charge in [0.25, 0.3) is 0 Å². The second-order valence-electron chi connectivity index (χ2n) is 6.33. The molecule has 0 aliphatic rings. The van der Waals surface area contributed by atoms with Crippen LogP contribution in [-0.4, -0.2) is 38.1 Å². The second-order valence-corrected chi connectivity index (χ2v) is 7.25. The van der Waals surface area contributed by atoms with Crippen LogP contribution in [0.15, 0.2) is 46.9 Å². The summed E-state index contributed by atoms with van der Waals surface area (Å²) in [5.41, 5.74) is 2.15. The van der Waals surface area contributed by atoms with Gasteiger partial charge in [0.1, 0.15) is 0 Å². The first kappa shape index (κ1) is 21.3. The molecule has 2 aromatic carbocycles. The predicted octanol–water partition coefficient (Wildman–Crippen LogP) is 4.17. The smallest absolute Gasteiger partial charge is 0.234 e. The van der Waals surface area contributed by atoms with Crippen LogP contribution in [0.5, 0.6) is 11.5 Å². The van der Waals surface area contributed by atoms with Crippen molar-refractivity contribution in [3.63, 3.8) is 0 Å². The molecule has 0 saturated carbocycles. The third-order valence-corrected chi connectivity index (χ3v) is 4.94. The number of likely N-dealkylation sites (N-methyl/N-ethyl adjacent to an activating group) is 1. The summed E-state index contributed by atoms with van der Waals surface area (Å²) in [5, 5.41) is 3.07. The molecule has 5 nitrogen and oxygen atoms in total. The van der Waals surface area contributed by atoms with Crippen molar-refractivity contribution in [1.29, 1.82) is 0 Å². The van der Waals surface area contributed by atoms with Crippen molar-refractivity contribution in [1.82, 2.24) is 10.2 Å². The first-order valence-corrected chi connectivity index (χ1v) is 9.74. The fourth-order valence-electron chi connectivity index (χ4n) is 2.84. The lowest BCUT2D eigenvalue weighted by Crippen LogP contribution is -2.38. The minimum absolute atomic E-state index is 0.00717. The van der Waals surface area contributed by atoms with Crippen molar-refractivity contribution < 1.29 is 14.3 Å². The number of carbonyl (C=O) groups excluding carboxylic acids is 1. The Labute approximate surface area is 169 Å². The molecule has 2 rings (SSSR count). The van der Waals surface area contributed by atoms with Gasteiger partial charge in [-0.15, -0.1) is 0 Å². The number of amides is 1. The maximum atomic E-state index is 12.5. The Morgan fingerprint density at radius 1 is 1.11 bits per heavy atom. The van der Waals surface area contributed by atoms with Gasteiger partial charge in [-0.1, -0.05) is 41.1 Å². The minimum Gasteiger partial charge on any atom is -0.493 e. The molecule has 2 aromatic rings. The number of nitrogens with one attached hydrogen (secondary N) is 1. The molecule has 27 heavy (non-hydrogen) atoms. The summed E-state index contributed by atoms with van der Waals surface area (Å²) in [6, 6.07) is 13.8. The highest BCUT2D eigenvalue weighted by molar-refractivity contribution is 9.10. The molecule has 1 amide bonds. The van der Waals surface area contributed by atoms with E-state index in [4.69, 9.17) is 9.47 Å². The quantitative estimate of drug-likeness (QED) is 0.643. The lowest BCUT2D eigenvalue weighted by Gasteiger charge is -2.22. The van der Waals surface area contributed by atoms with Crippen LogP contribution >= 0.6 is 15.9 Å². The number of hydrogen-bond acceptors (Lipinski definition) is 4. The highest BCUT2D eigenvalue weighted by atomic mass is 79.9. The minimum atomic E-state index is -0.0367. The number of benzene rings is 2. The molecule has 1 N–H and O–H groups in total. The zero-order valence-corrected chi connectivity index (χ0v) is 17.9. The van der Waals surface area contributed by atoms with E-state index >= 15 is 0 Å². The summed E-state index contributed by atoms with van der Waals surface area (Å²) in [7, 11) is 3.24. The van der Waals surface area contributed by atoms with E-state index < -0.39 is 0 Å². The van der Waals surface area contributed by atoms with E-state index in [0.717, 1.165) is 22.1 Å². The summed E-state index contributed by atoms with van der Waals surface area (Å²) in [5.74, 6) is 1.40. The highest BCUT2D eigenvalue weighted by Crippen LogP contribution is 2.28. The Bertz CT molecular complexity index is 750. The first-order chi connectivity index (χ1) is 13.0. The van der Waals surface area contributed by atoms with Gasteiger partial charge in [-0.3, -0.25) is 9.69 Å². The van der Waals surface area contributed by atoms with Crippen molar-refractivity contribution in [2.45, 2.75) is 26.4 Å². The van der Waals surface area contributed by atoms with Crippen molar-refractivity contribution in [2.75, 3.05) is 27.3 Å². The monoisotopic (exact) mass is 434 g/mol. The van der Waals surface area contributed by atoms with E-state index in [9.17, 15) is 4.79 Å². The molecular weight excluding hydrogens is 408 g/mol. The van der Waals surface area contributed by atoms with Crippen LogP contribution in [0.4, 0.5) is 0 Å². The van der Waals surface area contributed by atoms with Gasteiger partial charge >= 0.3 is 0 Å². The SMILES string of the molecule is CCN(CC(=O)NC(C)c1ccc(Br)cc1)Cc1ccc(OC)c(OC)c1. The fourth-order valence-corrected chi connectivity index (χ4v) is 3.11. The third-order valence-electron chi connectivity index (χ3n) is 4.42. The predicted molar refractivity (Wildman–Crippen MR) is 111 cm³/mol. The van der Waals surface area contributed by atoms with Crippen molar-refractivity contribution in [2.24, 2.45) is 0 Å². The van der Waals surface area contributed by atoms with Gasteiger partial charge in [0.15, 0.2) is 11.5 Å². The van der Waals surface area contributed by atoms with Crippen LogP contribution in [0, 0.1) is 0 Å². The van der Waals surface area contributed by atoms with Crippen LogP contribution in [0.3, 0.4) is 0 Å². The Kier molecular flexibility index (Phi) is 8.13. The van der Waals surface area contributed by atoms with E-state index in [1.54, 1.807) is 14.2 Å². The van der Waals surface area contributed by atoms with E-state index in [1.807, 2.05) is 56.3 Å². The number of hydrogen-bond donors (Lipinski definition) is 1. The number of carbonyl (C=O) groups is 1. The number of ether oxygens (including phenoxy) is 2. The normalized spacial score (nSPS) is 11.9. The average Bonchev–Trinajstić information content (AvgIpc) is 2.67. The van der Waals surface area contributed by atoms with Gasteiger partial charge in [0.2, 0.25) is 5.91 Å². The molecule has 0 spiro atoms. The molecule has 0 aliphatic heterocycles. The van der Waals surface area contributed by atoms with E-state index in [-0.39, 0.29) is 11.9 Å². The van der Waals surface area contributed by atoms with E-state index in [1.165, 1.54) is 0 Å². The average molecular weight is 435 g/mol. The van der Waals surface area contributed by atoms with E-state index in [2.05, 4.69) is 26.1 Å². The van der Waals surface area contributed by atoms with Gasteiger partial charge in [-0.2, -0.15) is 0 Å². The Hall–Kier alpha value is -2.05. The van der Waals surface area contributed by atoms with Gasteiger partial charge in [-0.25, -0.2) is 0 Å². The Morgan fingerprint density at radius 2 is 1.78 bits per heavy atom. The van der Waals surface area contributed by atoms with Crippen molar-refractivity contribution in [3.8, 4) is 11.5 Å². The topological polar surface area (TPSA) is 50.8 Å². The number of rotatable bonds is 9. The summed E-state index contributed by atoms with van der Waals surface area (Å²) in [4.78, 5) is 14.6. The van der Waals surface area contributed by atoms with Gasteiger partial charge in [-0.05, 0) is 48.9 Å². The van der Waals surface area contributed by atoms with Gasteiger partial charge in [0, 0.05) is 11.0 Å². The number of methoxy groups -OCH3 is 2. The van der Waals surface area contributed by atoms with Gasteiger partial charge < -0.3 is 14.8 Å². The van der Waals surface area contributed by atoms with Crippen LogP contribution < -0.4 is 14.8 Å². The summed E-state index contributed by atoms with van der Waals surface area (Å²) < 4.78 is 11.7. The summed E-state index contributed by atoms with van der Waals surface area (Å²) in [6.45, 7) is 5.81. The van der Waals surface area contributed by atoms with Crippen LogP contribution in [-0.2, 0) is 11.3 Å². The molecule has 1 atom stereocenters. The van der Waals surface area contributed by atoms with Gasteiger partial charge in [0.05, 0.1) is 26.8 Å². The first-order valence-electron chi connectivity index (χ1n) is 8.94. The van der Waals surface area contributed by atoms with Crippen LogP contribution in [0.25, 0.3) is 0 Å².